The topological polar surface area (TPSA) is 37.4 Å². The first-order chi connectivity index (χ1) is 12.2. The van der Waals surface area contributed by atoms with E-state index in [2.05, 4.69) is 0 Å². The van der Waals surface area contributed by atoms with Gasteiger partial charge in [0.05, 0.1) is 5.57 Å². The van der Waals surface area contributed by atoms with Crippen molar-refractivity contribution in [2.24, 2.45) is 0 Å². The number of imide groups is 1. The zero-order valence-electron chi connectivity index (χ0n) is 14.6. The molecule has 0 N–H and O–H groups in total. The van der Waals surface area contributed by atoms with E-state index in [4.69, 9.17) is 11.6 Å². The van der Waals surface area contributed by atoms with Gasteiger partial charge in [-0.3, -0.25) is 14.5 Å². The van der Waals surface area contributed by atoms with Gasteiger partial charge in [-0.15, -0.1) is 11.3 Å². The van der Waals surface area contributed by atoms with Crippen molar-refractivity contribution >= 4 is 40.3 Å². The van der Waals surface area contributed by atoms with E-state index in [-0.39, 0.29) is 22.9 Å². The second-order valence-electron chi connectivity index (χ2n) is 7.06. The van der Waals surface area contributed by atoms with Crippen molar-refractivity contribution in [2.45, 2.75) is 76.7 Å². The summed E-state index contributed by atoms with van der Waals surface area (Å²) in [5.41, 5.74) is 0.396. The summed E-state index contributed by atoms with van der Waals surface area (Å²) in [6.07, 6.45) is 12.8. The molecule has 2 amide bonds. The molecular weight excluding hydrogens is 354 g/mol. The first kappa shape index (κ1) is 18.7. The molecule has 1 aromatic rings. The van der Waals surface area contributed by atoms with E-state index >= 15 is 0 Å². The van der Waals surface area contributed by atoms with Gasteiger partial charge in [0.15, 0.2) is 0 Å². The maximum absolute atomic E-state index is 13.0. The number of carbonyl (C=O) groups is 2. The molecule has 5 heteroatoms. The highest BCUT2D eigenvalue weighted by molar-refractivity contribution is 7.11. The van der Waals surface area contributed by atoms with E-state index in [9.17, 15) is 9.59 Å². The van der Waals surface area contributed by atoms with Crippen molar-refractivity contribution in [3.8, 4) is 0 Å². The summed E-state index contributed by atoms with van der Waals surface area (Å²) < 4.78 is 0. The van der Waals surface area contributed by atoms with E-state index in [1.807, 2.05) is 17.5 Å². The highest BCUT2D eigenvalue weighted by atomic mass is 35.5. The highest BCUT2D eigenvalue weighted by Crippen LogP contribution is 2.36. The molecule has 2 aliphatic rings. The predicted molar refractivity (Wildman–Crippen MR) is 104 cm³/mol. The van der Waals surface area contributed by atoms with Gasteiger partial charge in [0.1, 0.15) is 5.03 Å². The lowest BCUT2D eigenvalue weighted by Crippen LogP contribution is -2.41. The molecule has 0 saturated heterocycles. The maximum Gasteiger partial charge on any atom is 0.273 e. The second kappa shape index (κ2) is 9.00. The van der Waals surface area contributed by atoms with Crippen LogP contribution < -0.4 is 0 Å². The first-order valence-electron chi connectivity index (χ1n) is 9.51. The number of halogens is 1. The summed E-state index contributed by atoms with van der Waals surface area (Å²) in [6.45, 7) is 0. The maximum atomic E-state index is 13.0. The molecule has 1 aliphatic heterocycles. The van der Waals surface area contributed by atoms with Crippen molar-refractivity contribution in [1.29, 1.82) is 0 Å². The Balaban J connectivity index is 1.74. The Morgan fingerprint density at radius 3 is 1.96 bits per heavy atom. The Morgan fingerprint density at radius 1 is 0.880 bits per heavy atom. The lowest BCUT2D eigenvalue weighted by atomic mass is 9.97. The number of carbonyl (C=O) groups excluding carboxylic acids is 2. The minimum absolute atomic E-state index is 0.00867. The molecule has 1 saturated carbocycles. The molecule has 3 nitrogen and oxygen atoms in total. The van der Waals surface area contributed by atoms with E-state index in [1.165, 1.54) is 61.2 Å². The fourth-order valence-corrected chi connectivity index (χ4v) is 4.98. The Labute approximate surface area is 159 Å². The Bertz CT molecular complexity index is 626. The SMILES string of the molecule is O=C1C(Cl)=C(c2cccs2)C(=O)N1C1CCCCCCCCCCC1. The van der Waals surface area contributed by atoms with Crippen LogP contribution in [0.1, 0.15) is 75.5 Å². The molecule has 3 rings (SSSR count). The van der Waals surface area contributed by atoms with Crippen LogP contribution in [0.3, 0.4) is 0 Å². The summed E-state index contributed by atoms with van der Waals surface area (Å²) in [4.78, 5) is 27.9. The molecule has 0 radical (unpaired) electrons. The van der Waals surface area contributed by atoms with Crippen molar-refractivity contribution in [1.82, 2.24) is 4.90 Å². The standard InChI is InChI=1S/C20H26ClNO2S/c21-18-17(16-13-10-14-25-16)19(23)22(20(18)24)15-11-8-6-4-2-1-3-5-7-9-12-15/h10,13-15H,1-9,11-12H2. The van der Waals surface area contributed by atoms with E-state index in [0.717, 1.165) is 30.6 Å². The summed E-state index contributed by atoms with van der Waals surface area (Å²) >= 11 is 7.74. The van der Waals surface area contributed by atoms with Crippen LogP contribution in [0.15, 0.2) is 22.5 Å². The zero-order chi connectivity index (χ0) is 17.6. The number of rotatable bonds is 2. The minimum Gasteiger partial charge on any atom is -0.270 e. The summed E-state index contributed by atoms with van der Waals surface area (Å²) in [7, 11) is 0. The molecule has 1 fully saturated rings. The number of nitrogens with zero attached hydrogens (tertiary/aromatic N) is 1. The van der Waals surface area contributed by atoms with Gasteiger partial charge in [0, 0.05) is 10.9 Å². The molecule has 0 atom stereocenters. The average Bonchev–Trinajstić information content (AvgIpc) is 3.17. The third kappa shape index (κ3) is 4.35. The van der Waals surface area contributed by atoms with Crippen LogP contribution in [-0.2, 0) is 9.59 Å². The number of hydrogen-bond donors (Lipinski definition) is 0. The molecule has 136 valence electrons. The van der Waals surface area contributed by atoms with Crippen LogP contribution in [0, 0.1) is 0 Å². The van der Waals surface area contributed by atoms with Crippen molar-refractivity contribution in [2.75, 3.05) is 0 Å². The lowest BCUT2D eigenvalue weighted by molar-refractivity contribution is -0.139. The van der Waals surface area contributed by atoms with Crippen LogP contribution in [0.25, 0.3) is 5.57 Å². The Morgan fingerprint density at radius 2 is 1.44 bits per heavy atom. The number of amides is 2. The number of hydrogen-bond acceptors (Lipinski definition) is 3. The Hall–Kier alpha value is -1.13. The van der Waals surface area contributed by atoms with Crippen LogP contribution >= 0.6 is 22.9 Å². The van der Waals surface area contributed by atoms with Crippen LogP contribution in [0.4, 0.5) is 0 Å². The van der Waals surface area contributed by atoms with Gasteiger partial charge in [-0.25, -0.2) is 0 Å². The molecule has 0 unspecified atom stereocenters. The molecule has 1 aromatic heterocycles. The van der Waals surface area contributed by atoms with E-state index < -0.39 is 0 Å². The van der Waals surface area contributed by atoms with Crippen molar-refractivity contribution in [3.63, 3.8) is 0 Å². The van der Waals surface area contributed by atoms with E-state index in [1.54, 1.807) is 0 Å². The lowest BCUT2D eigenvalue weighted by Gasteiger charge is -2.27. The van der Waals surface area contributed by atoms with Crippen molar-refractivity contribution in [3.05, 3.63) is 27.4 Å². The summed E-state index contributed by atoms with van der Waals surface area (Å²) in [5.74, 6) is -0.498. The summed E-state index contributed by atoms with van der Waals surface area (Å²) in [5, 5.41) is 2.00. The highest BCUT2D eigenvalue weighted by Gasteiger charge is 2.41. The molecule has 0 bridgehead atoms. The van der Waals surface area contributed by atoms with Gasteiger partial charge in [0.2, 0.25) is 0 Å². The van der Waals surface area contributed by atoms with Crippen LogP contribution in [0.5, 0.6) is 0 Å². The van der Waals surface area contributed by atoms with Gasteiger partial charge in [-0.2, -0.15) is 0 Å². The van der Waals surface area contributed by atoms with Crippen LogP contribution in [0.2, 0.25) is 0 Å². The fraction of sp³-hybridized carbons (Fsp3) is 0.600. The fourth-order valence-electron chi connectivity index (χ4n) is 3.89. The minimum atomic E-state index is -0.299. The van der Waals surface area contributed by atoms with Gasteiger partial charge in [-0.05, 0) is 24.3 Å². The van der Waals surface area contributed by atoms with Gasteiger partial charge < -0.3 is 0 Å². The largest absolute Gasteiger partial charge is 0.273 e. The molecule has 2 heterocycles. The third-order valence-electron chi connectivity index (χ3n) is 5.27. The zero-order valence-corrected chi connectivity index (χ0v) is 16.2. The smallest absolute Gasteiger partial charge is 0.270 e. The monoisotopic (exact) mass is 379 g/mol. The molecule has 0 aromatic carbocycles. The molecular formula is C20H26ClNO2S. The van der Waals surface area contributed by atoms with Gasteiger partial charge in [0.25, 0.3) is 11.8 Å². The average molecular weight is 380 g/mol. The van der Waals surface area contributed by atoms with E-state index in [0.29, 0.717) is 5.57 Å². The van der Waals surface area contributed by atoms with Gasteiger partial charge in [-0.1, -0.05) is 75.5 Å². The molecule has 1 aliphatic carbocycles. The second-order valence-corrected chi connectivity index (χ2v) is 8.39. The van der Waals surface area contributed by atoms with Crippen LogP contribution in [-0.4, -0.2) is 22.8 Å². The third-order valence-corrected chi connectivity index (χ3v) is 6.50. The molecule has 25 heavy (non-hydrogen) atoms. The number of thiophene rings is 1. The first-order valence-corrected chi connectivity index (χ1v) is 10.8. The quantitative estimate of drug-likeness (QED) is 0.614. The Kier molecular flexibility index (Phi) is 6.71. The molecule has 0 spiro atoms. The predicted octanol–water partition coefficient (Wildman–Crippen LogP) is 5.74. The van der Waals surface area contributed by atoms with Crippen molar-refractivity contribution < 1.29 is 9.59 Å². The normalized spacial score (nSPS) is 22.2. The summed E-state index contributed by atoms with van der Waals surface area (Å²) in [6, 6.07) is 3.73. The van der Waals surface area contributed by atoms with Gasteiger partial charge >= 0.3 is 0 Å².